The van der Waals surface area contributed by atoms with E-state index in [9.17, 15) is 9.59 Å². The van der Waals surface area contributed by atoms with Gasteiger partial charge in [-0.2, -0.15) is 0 Å². The lowest BCUT2D eigenvalue weighted by molar-refractivity contribution is -0.135. The van der Waals surface area contributed by atoms with Crippen LogP contribution in [0.4, 0.5) is 5.69 Å². The molecule has 96 valence electrons. The summed E-state index contributed by atoms with van der Waals surface area (Å²) in [5, 5.41) is 8.99. The molecule has 0 atom stereocenters. The summed E-state index contributed by atoms with van der Waals surface area (Å²) in [4.78, 5) is 23.3. The molecular formula is C12H13ClN2O3. The zero-order valence-electron chi connectivity index (χ0n) is 9.60. The normalized spacial score (nSPS) is 9.83. The van der Waals surface area contributed by atoms with Crippen LogP contribution in [0.15, 0.2) is 30.9 Å². The second kappa shape index (κ2) is 6.07. The summed E-state index contributed by atoms with van der Waals surface area (Å²) in [6.45, 7) is 3.74. The van der Waals surface area contributed by atoms with Crippen LogP contribution in [0.25, 0.3) is 0 Å². The van der Waals surface area contributed by atoms with Crippen LogP contribution >= 0.6 is 11.6 Å². The van der Waals surface area contributed by atoms with Gasteiger partial charge in [-0.25, -0.2) is 0 Å². The number of carbonyl (C=O) groups is 2. The summed E-state index contributed by atoms with van der Waals surface area (Å²) in [6.07, 6.45) is 1.58. The maximum absolute atomic E-state index is 11.0. The van der Waals surface area contributed by atoms with Crippen LogP contribution < -0.4 is 10.6 Å². The van der Waals surface area contributed by atoms with Gasteiger partial charge in [-0.15, -0.1) is 6.58 Å². The molecule has 3 N–H and O–H groups in total. The molecule has 18 heavy (non-hydrogen) atoms. The molecular weight excluding hydrogens is 256 g/mol. The van der Waals surface area contributed by atoms with E-state index in [4.69, 9.17) is 22.4 Å². The van der Waals surface area contributed by atoms with Crippen LogP contribution in [0.2, 0.25) is 5.02 Å². The highest BCUT2D eigenvalue weighted by Crippen LogP contribution is 2.23. The molecule has 0 aliphatic carbocycles. The number of amides is 1. The van der Waals surface area contributed by atoms with Crippen LogP contribution in [0.3, 0.4) is 0 Å². The number of halogens is 1. The predicted molar refractivity (Wildman–Crippen MR) is 70.0 cm³/mol. The number of hydrogen-bond donors (Lipinski definition) is 2. The van der Waals surface area contributed by atoms with Gasteiger partial charge in [-0.1, -0.05) is 17.7 Å². The number of nitrogens with two attached hydrogens (primary N) is 1. The molecule has 1 rings (SSSR count). The van der Waals surface area contributed by atoms with E-state index in [0.29, 0.717) is 12.2 Å². The molecule has 0 aromatic heterocycles. The molecule has 0 fully saturated rings. The largest absolute Gasteiger partial charge is 0.480 e. The van der Waals surface area contributed by atoms with Crippen molar-refractivity contribution in [2.75, 3.05) is 18.0 Å². The SMILES string of the molecule is C=CCN(CC(=O)O)c1ccc(C(N)=O)c(Cl)c1. The minimum absolute atomic E-state index is 0.182. The minimum Gasteiger partial charge on any atom is -0.480 e. The van der Waals surface area contributed by atoms with E-state index in [0.717, 1.165) is 0 Å². The van der Waals surface area contributed by atoms with Gasteiger partial charge in [0.05, 0.1) is 10.6 Å². The molecule has 1 aromatic carbocycles. The maximum Gasteiger partial charge on any atom is 0.323 e. The Labute approximate surface area is 109 Å². The summed E-state index contributed by atoms with van der Waals surface area (Å²) in [6, 6.07) is 4.57. The summed E-state index contributed by atoms with van der Waals surface area (Å²) >= 11 is 5.90. The summed E-state index contributed by atoms with van der Waals surface area (Å²) < 4.78 is 0. The number of carbonyl (C=O) groups excluding carboxylic acids is 1. The lowest BCUT2D eigenvalue weighted by Crippen LogP contribution is -2.29. The van der Waals surface area contributed by atoms with Crippen molar-refractivity contribution in [3.05, 3.63) is 41.4 Å². The highest BCUT2D eigenvalue weighted by atomic mass is 35.5. The molecule has 6 heteroatoms. The number of aliphatic carboxylic acids is 1. The molecule has 0 saturated carbocycles. The molecule has 5 nitrogen and oxygen atoms in total. The van der Waals surface area contributed by atoms with Crippen LogP contribution in [0.5, 0.6) is 0 Å². The first-order chi connectivity index (χ1) is 8.45. The van der Waals surface area contributed by atoms with E-state index >= 15 is 0 Å². The molecule has 1 amide bonds. The number of carboxylic acid groups (broad SMARTS) is 1. The van der Waals surface area contributed by atoms with Crippen molar-refractivity contribution >= 4 is 29.2 Å². The Morgan fingerprint density at radius 3 is 2.61 bits per heavy atom. The number of primary amides is 1. The molecule has 0 heterocycles. The third-order valence-corrected chi connectivity index (χ3v) is 2.57. The van der Waals surface area contributed by atoms with Crippen molar-refractivity contribution in [3.8, 4) is 0 Å². The Morgan fingerprint density at radius 1 is 1.50 bits per heavy atom. The van der Waals surface area contributed by atoms with Crippen LogP contribution in [-0.2, 0) is 4.79 Å². The second-order valence-electron chi connectivity index (χ2n) is 3.59. The number of rotatable bonds is 6. The fraction of sp³-hybridized carbons (Fsp3) is 0.167. The van der Waals surface area contributed by atoms with E-state index < -0.39 is 11.9 Å². The topological polar surface area (TPSA) is 83.6 Å². The number of anilines is 1. The molecule has 1 aromatic rings. The monoisotopic (exact) mass is 268 g/mol. The lowest BCUT2D eigenvalue weighted by atomic mass is 10.2. The zero-order valence-corrected chi connectivity index (χ0v) is 10.4. The van der Waals surface area contributed by atoms with E-state index in [1.54, 1.807) is 17.0 Å². The summed E-state index contributed by atoms with van der Waals surface area (Å²) in [5.74, 6) is -1.59. The van der Waals surface area contributed by atoms with Crippen molar-refractivity contribution in [1.29, 1.82) is 0 Å². The quantitative estimate of drug-likeness (QED) is 0.766. The Hall–Kier alpha value is -2.01. The molecule has 0 bridgehead atoms. The smallest absolute Gasteiger partial charge is 0.323 e. The van der Waals surface area contributed by atoms with Crippen molar-refractivity contribution in [2.24, 2.45) is 5.73 Å². The summed E-state index contributed by atoms with van der Waals surface area (Å²) in [5.41, 5.74) is 5.93. The molecule has 0 unspecified atom stereocenters. The van der Waals surface area contributed by atoms with Gasteiger partial charge in [0.15, 0.2) is 0 Å². The Kier molecular flexibility index (Phi) is 4.74. The van der Waals surface area contributed by atoms with E-state index in [1.165, 1.54) is 12.1 Å². The van der Waals surface area contributed by atoms with Gasteiger partial charge in [0.2, 0.25) is 5.91 Å². The number of benzene rings is 1. The predicted octanol–water partition coefficient (Wildman–Crippen LogP) is 1.52. The second-order valence-corrected chi connectivity index (χ2v) is 4.00. The molecule has 0 saturated heterocycles. The molecule has 0 spiro atoms. The van der Waals surface area contributed by atoms with E-state index in [-0.39, 0.29) is 17.1 Å². The molecule has 0 aliphatic heterocycles. The first-order valence-electron chi connectivity index (χ1n) is 5.12. The average molecular weight is 269 g/mol. The van der Waals surface area contributed by atoms with Gasteiger partial charge < -0.3 is 15.7 Å². The Balaban J connectivity index is 3.06. The number of carboxylic acids is 1. The fourth-order valence-electron chi connectivity index (χ4n) is 1.48. The fourth-order valence-corrected chi connectivity index (χ4v) is 1.75. The van der Waals surface area contributed by atoms with Gasteiger partial charge >= 0.3 is 5.97 Å². The Morgan fingerprint density at radius 2 is 2.17 bits per heavy atom. The van der Waals surface area contributed by atoms with Crippen LogP contribution in [0, 0.1) is 0 Å². The zero-order chi connectivity index (χ0) is 13.7. The van der Waals surface area contributed by atoms with Crippen molar-refractivity contribution in [2.45, 2.75) is 0 Å². The third kappa shape index (κ3) is 3.49. The first-order valence-corrected chi connectivity index (χ1v) is 5.50. The van der Waals surface area contributed by atoms with Crippen molar-refractivity contribution in [3.63, 3.8) is 0 Å². The molecule has 0 aliphatic rings. The van der Waals surface area contributed by atoms with Crippen LogP contribution in [0.1, 0.15) is 10.4 Å². The highest BCUT2D eigenvalue weighted by Gasteiger charge is 2.12. The average Bonchev–Trinajstić information content (AvgIpc) is 2.27. The van der Waals surface area contributed by atoms with Gasteiger partial charge in [0, 0.05) is 12.2 Å². The minimum atomic E-state index is -0.966. The van der Waals surface area contributed by atoms with E-state index in [1.807, 2.05) is 0 Å². The number of nitrogens with zero attached hydrogens (tertiary/aromatic N) is 1. The third-order valence-electron chi connectivity index (χ3n) is 2.26. The standard InChI is InChI=1S/C12H13ClN2O3/c1-2-5-15(7-11(16)17)8-3-4-9(12(14)18)10(13)6-8/h2-4,6H,1,5,7H2,(H2,14,18)(H,16,17). The maximum atomic E-state index is 11.0. The number of hydrogen-bond acceptors (Lipinski definition) is 3. The lowest BCUT2D eigenvalue weighted by Gasteiger charge is -2.21. The van der Waals surface area contributed by atoms with Gasteiger partial charge in [0.25, 0.3) is 0 Å². The van der Waals surface area contributed by atoms with Crippen molar-refractivity contribution in [1.82, 2.24) is 0 Å². The molecule has 0 radical (unpaired) electrons. The summed E-state index contributed by atoms with van der Waals surface area (Å²) in [7, 11) is 0. The van der Waals surface area contributed by atoms with Gasteiger partial charge in [0.1, 0.15) is 6.54 Å². The Bertz CT molecular complexity index is 488. The van der Waals surface area contributed by atoms with Gasteiger partial charge in [-0.05, 0) is 18.2 Å². The van der Waals surface area contributed by atoms with E-state index in [2.05, 4.69) is 6.58 Å². The van der Waals surface area contributed by atoms with Crippen LogP contribution in [-0.4, -0.2) is 30.1 Å². The first kappa shape index (κ1) is 14.1. The van der Waals surface area contributed by atoms with Gasteiger partial charge in [-0.3, -0.25) is 9.59 Å². The van der Waals surface area contributed by atoms with Crippen molar-refractivity contribution < 1.29 is 14.7 Å². The highest BCUT2D eigenvalue weighted by molar-refractivity contribution is 6.34.